The van der Waals surface area contributed by atoms with Gasteiger partial charge < -0.3 is 4.74 Å². The second kappa shape index (κ2) is 22.2. The molecule has 6 rings (SSSR count). The highest BCUT2D eigenvalue weighted by Gasteiger charge is 2.30. The van der Waals surface area contributed by atoms with Crippen molar-refractivity contribution in [2.24, 2.45) is 11.8 Å². The zero-order valence-corrected chi connectivity index (χ0v) is 35.9. The zero-order valence-electron chi connectivity index (χ0n) is 35.9. The topological polar surface area (TPSA) is 9.23 Å². The molecule has 2 aliphatic rings. The van der Waals surface area contributed by atoms with Crippen molar-refractivity contribution in [3.05, 3.63) is 141 Å². The van der Waals surface area contributed by atoms with Gasteiger partial charge in [0.15, 0.2) is 0 Å². The average Bonchev–Trinajstić information content (AvgIpc) is 3.23. The van der Waals surface area contributed by atoms with Crippen molar-refractivity contribution in [3.63, 3.8) is 0 Å². The summed E-state index contributed by atoms with van der Waals surface area (Å²) < 4.78 is 40.6. The summed E-state index contributed by atoms with van der Waals surface area (Å²) in [7, 11) is 0. The summed E-state index contributed by atoms with van der Waals surface area (Å²) in [6, 6.07) is 28.7. The van der Waals surface area contributed by atoms with E-state index in [0.717, 1.165) is 85.5 Å². The molecule has 2 saturated carbocycles. The van der Waals surface area contributed by atoms with Gasteiger partial charge in [-0.15, -0.1) is 0 Å². The standard InChI is InChI=1S/C54H72F2O/c1-5-9-11-15-41-17-25-43(26-18-41)47-33-35-49(51(55)37-47)53(45-29-21-39(13-7-3)22-30-45)57-54(46-31-23-40(14-8-4)24-32-46)50-36-34-48(38-52(50)56)44-27-19-42(20-28-44)16-12-10-6-2/h21-24,29-38,41-44,53-54H,5-20,25-28H2,1-4H3. The molecule has 2 aliphatic carbocycles. The molecular formula is C54H72F2O. The lowest BCUT2D eigenvalue weighted by atomic mass is 9.76. The van der Waals surface area contributed by atoms with Crippen molar-refractivity contribution in [2.45, 2.75) is 180 Å². The maximum Gasteiger partial charge on any atom is 0.129 e. The molecule has 0 N–H and O–H groups in total. The van der Waals surface area contributed by atoms with E-state index in [0.29, 0.717) is 23.0 Å². The van der Waals surface area contributed by atoms with Gasteiger partial charge in [-0.25, -0.2) is 8.78 Å². The number of aryl methyl sites for hydroxylation is 2. The average molecular weight is 775 g/mol. The highest BCUT2D eigenvalue weighted by molar-refractivity contribution is 5.39. The fraction of sp³-hybridized carbons (Fsp3) is 0.556. The van der Waals surface area contributed by atoms with Gasteiger partial charge in [-0.2, -0.15) is 0 Å². The largest absolute Gasteiger partial charge is 0.356 e. The SMILES string of the molecule is CCCCCC1CCC(c2ccc(C(OC(c3ccc(CCC)cc3)c3ccc(C4CCC(CCCCC)CC4)cc3F)c3ccc(CCC)cc3)c(F)c2)CC1. The van der Waals surface area contributed by atoms with E-state index in [1.54, 1.807) is 12.1 Å². The Hall–Kier alpha value is -3.30. The Balaban J connectivity index is 1.29. The molecule has 0 saturated heterocycles. The summed E-state index contributed by atoms with van der Waals surface area (Å²) in [5.41, 5.74) is 7.48. The van der Waals surface area contributed by atoms with Crippen molar-refractivity contribution in [1.29, 1.82) is 0 Å². The molecule has 308 valence electrons. The summed E-state index contributed by atoms with van der Waals surface area (Å²) in [4.78, 5) is 0. The fourth-order valence-corrected chi connectivity index (χ4v) is 10.0. The summed E-state index contributed by atoms with van der Waals surface area (Å²) in [6.45, 7) is 8.91. The molecule has 2 unspecified atom stereocenters. The van der Waals surface area contributed by atoms with Crippen molar-refractivity contribution >= 4 is 0 Å². The molecule has 0 bridgehead atoms. The highest BCUT2D eigenvalue weighted by Crippen LogP contribution is 2.43. The number of halogens is 2. The number of ether oxygens (including phenoxy) is 1. The van der Waals surface area contributed by atoms with E-state index in [4.69, 9.17) is 4.74 Å². The number of benzene rings is 4. The normalized spacial score (nSPS) is 21.0. The van der Waals surface area contributed by atoms with E-state index in [2.05, 4.69) is 88.4 Å². The molecule has 0 spiro atoms. The summed E-state index contributed by atoms with van der Waals surface area (Å²) >= 11 is 0. The lowest BCUT2D eigenvalue weighted by molar-refractivity contribution is 0.0270. The summed E-state index contributed by atoms with van der Waals surface area (Å²) in [6.07, 6.45) is 22.6. The monoisotopic (exact) mass is 775 g/mol. The van der Waals surface area contributed by atoms with E-state index >= 15 is 8.78 Å². The van der Waals surface area contributed by atoms with Crippen LogP contribution < -0.4 is 0 Å². The first-order chi connectivity index (χ1) is 27.9. The molecule has 3 heteroatoms. The fourth-order valence-electron chi connectivity index (χ4n) is 10.0. The summed E-state index contributed by atoms with van der Waals surface area (Å²) in [5.74, 6) is 1.92. The Bertz CT molecular complexity index is 1630. The van der Waals surface area contributed by atoms with E-state index in [1.165, 1.54) is 88.2 Å². The minimum absolute atomic E-state index is 0.238. The number of unbranched alkanes of at least 4 members (excludes halogenated alkanes) is 4. The first-order valence-electron chi connectivity index (χ1n) is 23.3. The maximum atomic E-state index is 16.7. The molecule has 57 heavy (non-hydrogen) atoms. The van der Waals surface area contributed by atoms with Crippen LogP contribution in [0.4, 0.5) is 8.78 Å². The maximum absolute atomic E-state index is 16.7. The Morgan fingerprint density at radius 3 is 1.19 bits per heavy atom. The van der Waals surface area contributed by atoms with Gasteiger partial charge >= 0.3 is 0 Å². The Morgan fingerprint density at radius 1 is 0.474 bits per heavy atom. The van der Waals surface area contributed by atoms with Crippen molar-refractivity contribution in [1.82, 2.24) is 0 Å². The Kier molecular flexibility index (Phi) is 16.8. The van der Waals surface area contributed by atoms with Gasteiger partial charge in [0.25, 0.3) is 0 Å². The van der Waals surface area contributed by atoms with Gasteiger partial charge in [0.05, 0.1) is 0 Å². The smallest absolute Gasteiger partial charge is 0.129 e. The van der Waals surface area contributed by atoms with Gasteiger partial charge in [0.1, 0.15) is 23.8 Å². The first kappa shape index (κ1) is 43.3. The van der Waals surface area contributed by atoms with Crippen LogP contribution in [-0.2, 0) is 17.6 Å². The van der Waals surface area contributed by atoms with Gasteiger partial charge in [0.2, 0.25) is 0 Å². The minimum atomic E-state index is -0.716. The molecule has 0 amide bonds. The van der Waals surface area contributed by atoms with E-state index in [1.807, 2.05) is 12.1 Å². The first-order valence-corrected chi connectivity index (χ1v) is 23.3. The lowest BCUT2D eigenvalue weighted by Gasteiger charge is -2.31. The third-order valence-electron chi connectivity index (χ3n) is 13.6. The molecule has 0 heterocycles. The Labute approximate surface area is 345 Å². The molecule has 0 radical (unpaired) electrons. The number of rotatable bonds is 20. The lowest BCUT2D eigenvalue weighted by Crippen LogP contribution is -2.17. The number of hydrogen-bond donors (Lipinski definition) is 0. The van der Waals surface area contributed by atoms with Crippen LogP contribution in [0.3, 0.4) is 0 Å². The highest BCUT2D eigenvalue weighted by atomic mass is 19.1. The predicted molar refractivity (Wildman–Crippen MR) is 236 cm³/mol. The second-order valence-corrected chi connectivity index (χ2v) is 17.9. The molecule has 4 aromatic carbocycles. The van der Waals surface area contributed by atoms with E-state index in [-0.39, 0.29) is 11.6 Å². The van der Waals surface area contributed by atoms with Gasteiger partial charge in [-0.1, -0.05) is 165 Å². The van der Waals surface area contributed by atoms with Gasteiger partial charge in [-0.05, 0) is 133 Å². The Morgan fingerprint density at radius 2 is 0.860 bits per heavy atom. The second-order valence-electron chi connectivity index (χ2n) is 17.9. The molecule has 0 aliphatic heterocycles. The summed E-state index contributed by atoms with van der Waals surface area (Å²) in [5, 5.41) is 0. The van der Waals surface area contributed by atoms with Crippen LogP contribution in [0.15, 0.2) is 84.9 Å². The van der Waals surface area contributed by atoms with Crippen LogP contribution in [0.25, 0.3) is 0 Å². The third-order valence-corrected chi connectivity index (χ3v) is 13.6. The van der Waals surface area contributed by atoms with Crippen molar-refractivity contribution in [2.75, 3.05) is 0 Å². The third kappa shape index (κ3) is 11.9. The minimum Gasteiger partial charge on any atom is -0.356 e. The molecule has 2 fully saturated rings. The van der Waals surface area contributed by atoms with Crippen LogP contribution >= 0.6 is 0 Å². The number of hydrogen-bond acceptors (Lipinski definition) is 1. The van der Waals surface area contributed by atoms with E-state index < -0.39 is 12.2 Å². The van der Waals surface area contributed by atoms with Crippen molar-refractivity contribution in [3.8, 4) is 0 Å². The quantitative estimate of drug-likeness (QED) is 0.0813. The van der Waals surface area contributed by atoms with E-state index in [9.17, 15) is 0 Å². The molecule has 2 atom stereocenters. The van der Waals surface area contributed by atoms with Crippen LogP contribution in [0, 0.1) is 23.5 Å². The molecule has 1 nitrogen and oxygen atoms in total. The predicted octanol–water partition coefficient (Wildman–Crippen LogP) is 16.5. The molecular weight excluding hydrogens is 703 g/mol. The van der Waals surface area contributed by atoms with Crippen LogP contribution in [0.5, 0.6) is 0 Å². The van der Waals surface area contributed by atoms with Gasteiger partial charge in [0, 0.05) is 11.1 Å². The molecule has 4 aromatic rings. The van der Waals surface area contributed by atoms with Crippen molar-refractivity contribution < 1.29 is 13.5 Å². The van der Waals surface area contributed by atoms with Crippen LogP contribution in [0.2, 0.25) is 0 Å². The molecule has 0 aromatic heterocycles. The van der Waals surface area contributed by atoms with Crippen LogP contribution in [-0.4, -0.2) is 0 Å². The van der Waals surface area contributed by atoms with Crippen LogP contribution in [0.1, 0.15) is 212 Å². The zero-order chi connectivity index (χ0) is 40.0. The van der Waals surface area contributed by atoms with Gasteiger partial charge in [-0.3, -0.25) is 0 Å².